The Balaban J connectivity index is 2.40. The van der Waals surface area contributed by atoms with E-state index >= 15 is 0 Å². The summed E-state index contributed by atoms with van der Waals surface area (Å²) >= 11 is 1.98. The van der Waals surface area contributed by atoms with Crippen LogP contribution in [0.25, 0.3) is 0 Å². The van der Waals surface area contributed by atoms with Crippen molar-refractivity contribution in [1.29, 1.82) is 0 Å². The molecule has 0 saturated carbocycles. The average molecular weight is 225 g/mol. The second-order valence-corrected chi connectivity index (χ2v) is 4.80. The molecule has 84 valence electrons. The van der Waals surface area contributed by atoms with Gasteiger partial charge in [0.2, 0.25) is 0 Å². The van der Waals surface area contributed by atoms with Gasteiger partial charge >= 0.3 is 0 Å². The first-order chi connectivity index (χ1) is 7.25. The summed E-state index contributed by atoms with van der Waals surface area (Å²) in [7, 11) is 2.07. The van der Waals surface area contributed by atoms with Crippen LogP contribution in [0, 0.1) is 0 Å². The second kappa shape index (κ2) is 6.56. The maximum atomic E-state index is 5.84. The normalized spacial score (nSPS) is 10.3. The Bertz CT molecular complexity index is 291. The van der Waals surface area contributed by atoms with Gasteiger partial charge in [-0.1, -0.05) is 6.92 Å². The zero-order chi connectivity index (χ0) is 11.1. The van der Waals surface area contributed by atoms with Crippen molar-refractivity contribution >= 4 is 23.1 Å². The molecule has 0 aliphatic rings. The van der Waals surface area contributed by atoms with Crippen molar-refractivity contribution in [3.05, 3.63) is 18.5 Å². The van der Waals surface area contributed by atoms with E-state index in [0.29, 0.717) is 0 Å². The Labute approximate surface area is 96.1 Å². The fraction of sp³-hybridized carbons (Fsp3) is 0.545. The minimum atomic E-state index is 0.753. The van der Waals surface area contributed by atoms with E-state index in [2.05, 4.69) is 23.9 Å². The second-order valence-electron chi connectivity index (χ2n) is 3.41. The monoisotopic (exact) mass is 225 g/mol. The molecule has 0 aliphatic carbocycles. The van der Waals surface area contributed by atoms with Crippen molar-refractivity contribution in [1.82, 2.24) is 4.98 Å². The lowest BCUT2D eigenvalue weighted by Gasteiger charge is -2.20. The van der Waals surface area contributed by atoms with Gasteiger partial charge in [-0.3, -0.25) is 4.98 Å². The zero-order valence-electron chi connectivity index (χ0n) is 9.44. The molecule has 2 N–H and O–H groups in total. The van der Waals surface area contributed by atoms with Crippen LogP contribution in [0.1, 0.15) is 13.3 Å². The highest BCUT2D eigenvalue weighted by Gasteiger charge is 2.03. The van der Waals surface area contributed by atoms with Crippen LogP contribution >= 0.6 is 11.8 Å². The van der Waals surface area contributed by atoms with Crippen LogP contribution < -0.4 is 10.6 Å². The number of hydrogen-bond acceptors (Lipinski definition) is 4. The Kier molecular flexibility index (Phi) is 5.32. The molecule has 15 heavy (non-hydrogen) atoms. The summed E-state index contributed by atoms with van der Waals surface area (Å²) in [6.07, 6.45) is 4.67. The lowest BCUT2D eigenvalue weighted by atomic mass is 10.3. The Morgan fingerprint density at radius 2 is 2.33 bits per heavy atom. The summed E-state index contributed by atoms with van der Waals surface area (Å²) in [5.74, 6) is 2.41. The summed E-state index contributed by atoms with van der Waals surface area (Å²) in [5, 5.41) is 0. The van der Waals surface area contributed by atoms with Crippen molar-refractivity contribution in [3.63, 3.8) is 0 Å². The SMILES string of the molecule is CCSCCCN(C)c1ccncc1N. The van der Waals surface area contributed by atoms with E-state index in [-0.39, 0.29) is 0 Å². The third-order valence-corrected chi connectivity index (χ3v) is 3.21. The van der Waals surface area contributed by atoms with Gasteiger partial charge in [0, 0.05) is 19.8 Å². The molecule has 1 aromatic rings. The Morgan fingerprint density at radius 3 is 3.00 bits per heavy atom. The summed E-state index contributed by atoms with van der Waals surface area (Å²) in [4.78, 5) is 6.17. The largest absolute Gasteiger partial charge is 0.396 e. The van der Waals surface area contributed by atoms with Gasteiger partial charge in [0.25, 0.3) is 0 Å². The minimum Gasteiger partial charge on any atom is -0.396 e. The van der Waals surface area contributed by atoms with Crippen molar-refractivity contribution in [2.75, 3.05) is 35.7 Å². The molecular formula is C11H19N3S. The van der Waals surface area contributed by atoms with Gasteiger partial charge in [-0.25, -0.2) is 0 Å². The standard InChI is InChI=1S/C11H19N3S/c1-3-15-8-4-7-14(2)11-5-6-13-9-10(11)12/h5-6,9H,3-4,7-8,12H2,1-2H3. The summed E-state index contributed by atoms with van der Waals surface area (Å²) in [5.41, 5.74) is 7.67. The van der Waals surface area contributed by atoms with Gasteiger partial charge in [-0.15, -0.1) is 0 Å². The molecule has 0 aromatic carbocycles. The van der Waals surface area contributed by atoms with Crippen LogP contribution in [0.3, 0.4) is 0 Å². The number of nitrogen functional groups attached to an aromatic ring is 1. The first-order valence-corrected chi connectivity index (χ1v) is 6.39. The lowest BCUT2D eigenvalue weighted by Crippen LogP contribution is -2.20. The molecule has 0 radical (unpaired) electrons. The van der Waals surface area contributed by atoms with Crippen molar-refractivity contribution < 1.29 is 0 Å². The van der Waals surface area contributed by atoms with Gasteiger partial charge in [0.05, 0.1) is 17.6 Å². The number of nitrogens with zero attached hydrogens (tertiary/aromatic N) is 2. The fourth-order valence-corrected chi connectivity index (χ4v) is 2.04. The maximum Gasteiger partial charge on any atom is 0.0738 e. The zero-order valence-corrected chi connectivity index (χ0v) is 10.3. The molecule has 4 heteroatoms. The lowest BCUT2D eigenvalue weighted by molar-refractivity contribution is 0.859. The molecule has 0 aliphatic heterocycles. The van der Waals surface area contributed by atoms with E-state index in [0.717, 1.165) is 17.9 Å². The number of aromatic nitrogens is 1. The molecule has 0 amide bonds. The maximum absolute atomic E-state index is 5.84. The molecule has 0 spiro atoms. The van der Waals surface area contributed by atoms with Gasteiger partial charge in [-0.2, -0.15) is 11.8 Å². The summed E-state index contributed by atoms with van der Waals surface area (Å²) < 4.78 is 0. The molecule has 0 unspecified atom stereocenters. The Morgan fingerprint density at radius 1 is 1.53 bits per heavy atom. The van der Waals surface area contributed by atoms with Crippen LogP contribution in [0.15, 0.2) is 18.5 Å². The number of thioether (sulfide) groups is 1. The average Bonchev–Trinajstić information content (AvgIpc) is 2.25. The number of nitrogens with two attached hydrogens (primary N) is 1. The molecule has 0 saturated heterocycles. The van der Waals surface area contributed by atoms with E-state index in [4.69, 9.17) is 5.73 Å². The van der Waals surface area contributed by atoms with Crippen molar-refractivity contribution in [2.45, 2.75) is 13.3 Å². The fourth-order valence-electron chi connectivity index (χ4n) is 1.42. The van der Waals surface area contributed by atoms with Crippen LogP contribution in [0.4, 0.5) is 11.4 Å². The van der Waals surface area contributed by atoms with Crippen LogP contribution in [0.2, 0.25) is 0 Å². The van der Waals surface area contributed by atoms with Crippen molar-refractivity contribution in [3.8, 4) is 0 Å². The van der Waals surface area contributed by atoms with Crippen LogP contribution in [-0.2, 0) is 0 Å². The first kappa shape index (κ1) is 12.2. The predicted octanol–water partition coefficient (Wildman–Crippen LogP) is 2.24. The quantitative estimate of drug-likeness (QED) is 0.754. The van der Waals surface area contributed by atoms with E-state index in [1.807, 2.05) is 17.8 Å². The van der Waals surface area contributed by atoms with Crippen LogP contribution in [-0.4, -0.2) is 30.1 Å². The molecule has 0 atom stereocenters. The minimum absolute atomic E-state index is 0.753. The highest BCUT2D eigenvalue weighted by molar-refractivity contribution is 7.99. The third kappa shape index (κ3) is 4.00. The molecule has 1 aromatic heterocycles. The number of rotatable bonds is 6. The molecule has 1 heterocycles. The van der Waals surface area contributed by atoms with Gasteiger partial charge in [0.1, 0.15) is 0 Å². The highest BCUT2D eigenvalue weighted by atomic mass is 32.2. The van der Waals surface area contributed by atoms with Gasteiger partial charge in [-0.05, 0) is 24.0 Å². The topological polar surface area (TPSA) is 42.2 Å². The summed E-state index contributed by atoms with van der Waals surface area (Å²) in [6.45, 7) is 3.23. The first-order valence-electron chi connectivity index (χ1n) is 5.24. The highest BCUT2D eigenvalue weighted by Crippen LogP contribution is 2.19. The molecule has 0 fully saturated rings. The number of hydrogen-bond donors (Lipinski definition) is 1. The van der Waals surface area contributed by atoms with E-state index in [1.165, 1.54) is 17.9 Å². The van der Waals surface area contributed by atoms with Gasteiger partial charge in [0.15, 0.2) is 0 Å². The van der Waals surface area contributed by atoms with Gasteiger partial charge < -0.3 is 10.6 Å². The van der Waals surface area contributed by atoms with E-state index in [9.17, 15) is 0 Å². The number of anilines is 2. The van der Waals surface area contributed by atoms with Crippen molar-refractivity contribution in [2.24, 2.45) is 0 Å². The van der Waals surface area contributed by atoms with Crippen LogP contribution in [0.5, 0.6) is 0 Å². The number of pyridine rings is 1. The van der Waals surface area contributed by atoms with E-state index < -0.39 is 0 Å². The summed E-state index contributed by atoms with van der Waals surface area (Å²) in [6, 6.07) is 1.96. The molecular weight excluding hydrogens is 206 g/mol. The Hall–Kier alpha value is -0.900. The van der Waals surface area contributed by atoms with E-state index in [1.54, 1.807) is 12.4 Å². The smallest absolute Gasteiger partial charge is 0.0738 e. The molecule has 0 bridgehead atoms. The molecule has 1 rings (SSSR count). The third-order valence-electron chi connectivity index (χ3n) is 2.23. The predicted molar refractivity (Wildman–Crippen MR) is 69.5 cm³/mol. The molecule has 3 nitrogen and oxygen atoms in total.